The van der Waals surface area contributed by atoms with E-state index in [1.54, 1.807) is 7.11 Å². The Balaban J connectivity index is 2.30. The molecule has 0 bridgehead atoms. The second-order valence-electron chi connectivity index (χ2n) is 5.35. The van der Waals surface area contributed by atoms with E-state index in [0.29, 0.717) is 16.7 Å². The van der Waals surface area contributed by atoms with Gasteiger partial charge in [-0.25, -0.2) is 0 Å². The van der Waals surface area contributed by atoms with Crippen molar-refractivity contribution in [1.82, 2.24) is 0 Å². The molecular weight excluding hydrogens is 248 g/mol. The number of anilines is 1. The third kappa shape index (κ3) is 2.17. The minimum absolute atomic E-state index is 0.0761. The zero-order chi connectivity index (χ0) is 13.3. The van der Waals surface area contributed by atoms with Gasteiger partial charge in [0.05, 0.1) is 12.1 Å². The summed E-state index contributed by atoms with van der Waals surface area (Å²) in [6.07, 6.45) is 1.13. The van der Waals surface area contributed by atoms with Crippen molar-refractivity contribution in [2.75, 3.05) is 25.1 Å². The first-order chi connectivity index (χ1) is 8.50. The Kier molecular flexibility index (Phi) is 3.74. The number of methoxy groups -OCH3 is 1. The molecule has 2 rings (SSSR count). The van der Waals surface area contributed by atoms with Gasteiger partial charge in [-0.2, -0.15) is 0 Å². The molecule has 1 heterocycles. The van der Waals surface area contributed by atoms with Gasteiger partial charge in [0.2, 0.25) is 0 Å². The van der Waals surface area contributed by atoms with E-state index in [1.807, 2.05) is 12.1 Å². The van der Waals surface area contributed by atoms with Crippen molar-refractivity contribution < 1.29 is 4.74 Å². The van der Waals surface area contributed by atoms with Crippen molar-refractivity contribution >= 4 is 17.3 Å². The highest BCUT2D eigenvalue weighted by Crippen LogP contribution is 2.39. The number of nitrogens with zero attached hydrogens (tertiary/aromatic N) is 1. The largest absolute Gasteiger partial charge is 0.495 e. The van der Waals surface area contributed by atoms with Crippen LogP contribution in [0, 0.1) is 5.92 Å². The summed E-state index contributed by atoms with van der Waals surface area (Å²) in [5.41, 5.74) is 7.07. The second-order valence-corrected chi connectivity index (χ2v) is 5.75. The summed E-state index contributed by atoms with van der Waals surface area (Å²) in [4.78, 5) is 2.38. The maximum absolute atomic E-state index is 6.19. The first-order valence-electron chi connectivity index (χ1n) is 6.32. The zero-order valence-corrected chi connectivity index (χ0v) is 12.0. The summed E-state index contributed by atoms with van der Waals surface area (Å²) in [6.45, 7) is 6.25. The average molecular weight is 269 g/mol. The van der Waals surface area contributed by atoms with Crippen LogP contribution in [0.4, 0.5) is 5.69 Å². The Morgan fingerprint density at radius 1 is 1.50 bits per heavy atom. The smallest absolute Gasteiger partial charge is 0.137 e. The maximum Gasteiger partial charge on any atom is 0.137 e. The van der Waals surface area contributed by atoms with Crippen molar-refractivity contribution in [3.63, 3.8) is 0 Å². The monoisotopic (exact) mass is 268 g/mol. The third-order valence-corrected chi connectivity index (χ3v) is 4.42. The molecular formula is C14H21ClN2O. The molecule has 1 aliphatic rings. The number of benzene rings is 1. The highest BCUT2D eigenvalue weighted by Gasteiger charge is 2.40. The summed E-state index contributed by atoms with van der Waals surface area (Å²) in [6, 6.07) is 5.95. The Bertz CT molecular complexity index is 434. The van der Waals surface area contributed by atoms with Gasteiger partial charge in [0.1, 0.15) is 5.75 Å². The lowest BCUT2D eigenvalue weighted by molar-refractivity contribution is 0.373. The van der Waals surface area contributed by atoms with Gasteiger partial charge < -0.3 is 15.4 Å². The number of ether oxygens (including phenoxy) is 1. The fraction of sp³-hybridized carbons (Fsp3) is 0.571. The molecule has 0 aromatic heterocycles. The SMILES string of the molecule is COc1ccc(N2CCC(CN)C2(C)C)cc1Cl. The van der Waals surface area contributed by atoms with Gasteiger partial charge in [-0.15, -0.1) is 0 Å². The molecule has 1 aromatic rings. The average Bonchev–Trinajstić information content (AvgIpc) is 2.63. The van der Waals surface area contributed by atoms with Crippen molar-refractivity contribution in [1.29, 1.82) is 0 Å². The topological polar surface area (TPSA) is 38.5 Å². The van der Waals surface area contributed by atoms with E-state index < -0.39 is 0 Å². The molecule has 3 nitrogen and oxygen atoms in total. The number of halogens is 1. The van der Waals surface area contributed by atoms with Gasteiger partial charge in [-0.1, -0.05) is 11.6 Å². The molecule has 0 amide bonds. The molecule has 100 valence electrons. The quantitative estimate of drug-likeness (QED) is 0.916. The van der Waals surface area contributed by atoms with Gasteiger partial charge >= 0.3 is 0 Å². The van der Waals surface area contributed by atoms with Crippen molar-refractivity contribution in [3.05, 3.63) is 23.2 Å². The summed E-state index contributed by atoms with van der Waals surface area (Å²) < 4.78 is 5.19. The van der Waals surface area contributed by atoms with Gasteiger partial charge in [0, 0.05) is 17.8 Å². The highest BCUT2D eigenvalue weighted by atomic mass is 35.5. The lowest BCUT2D eigenvalue weighted by Crippen LogP contribution is -2.44. The molecule has 0 radical (unpaired) electrons. The summed E-state index contributed by atoms with van der Waals surface area (Å²) in [5, 5.41) is 0.655. The fourth-order valence-corrected chi connectivity index (χ4v) is 3.09. The molecule has 0 saturated carbocycles. The minimum Gasteiger partial charge on any atom is -0.495 e. The Hall–Kier alpha value is -0.930. The normalized spacial score (nSPS) is 22.3. The van der Waals surface area contributed by atoms with E-state index in [9.17, 15) is 0 Å². The van der Waals surface area contributed by atoms with Gasteiger partial charge in [-0.05, 0) is 50.9 Å². The van der Waals surface area contributed by atoms with Crippen LogP contribution >= 0.6 is 11.6 Å². The molecule has 0 aliphatic carbocycles. The van der Waals surface area contributed by atoms with E-state index in [2.05, 4.69) is 24.8 Å². The molecule has 0 spiro atoms. The van der Waals surface area contributed by atoms with Crippen molar-refractivity contribution in [2.45, 2.75) is 25.8 Å². The summed E-state index contributed by atoms with van der Waals surface area (Å²) >= 11 is 6.19. The number of nitrogens with two attached hydrogens (primary N) is 1. The van der Waals surface area contributed by atoms with Crippen LogP contribution in [0.25, 0.3) is 0 Å². The lowest BCUT2D eigenvalue weighted by Gasteiger charge is -2.37. The van der Waals surface area contributed by atoms with Crippen molar-refractivity contribution in [2.24, 2.45) is 11.7 Å². The van der Waals surface area contributed by atoms with E-state index in [-0.39, 0.29) is 5.54 Å². The van der Waals surface area contributed by atoms with Crippen LogP contribution in [0.1, 0.15) is 20.3 Å². The van der Waals surface area contributed by atoms with Gasteiger partial charge in [-0.3, -0.25) is 0 Å². The van der Waals surface area contributed by atoms with E-state index in [4.69, 9.17) is 22.1 Å². The molecule has 1 fully saturated rings. The summed E-state index contributed by atoms with van der Waals surface area (Å²) in [7, 11) is 1.63. The Labute approximate surface area is 114 Å². The van der Waals surface area contributed by atoms with Crippen LogP contribution < -0.4 is 15.4 Å². The zero-order valence-electron chi connectivity index (χ0n) is 11.2. The van der Waals surface area contributed by atoms with Crippen LogP contribution in [0.2, 0.25) is 5.02 Å². The molecule has 1 unspecified atom stereocenters. The standard InChI is InChI=1S/C14H21ClN2O/c1-14(2)10(9-16)6-7-17(14)11-4-5-13(18-3)12(15)8-11/h4-5,8,10H,6-7,9,16H2,1-3H3. The van der Waals surface area contributed by atoms with Crippen LogP contribution in [-0.2, 0) is 0 Å². The molecule has 1 atom stereocenters. The van der Waals surface area contributed by atoms with Crippen LogP contribution in [0.5, 0.6) is 5.75 Å². The summed E-state index contributed by atoms with van der Waals surface area (Å²) in [5.74, 6) is 1.24. The number of hydrogen-bond acceptors (Lipinski definition) is 3. The molecule has 2 N–H and O–H groups in total. The maximum atomic E-state index is 6.19. The minimum atomic E-state index is 0.0761. The fourth-order valence-electron chi connectivity index (χ4n) is 2.84. The third-order valence-electron chi connectivity index (χ3n) is 4.13. The molecule has 4 heteroatoms. The molecule has 18 heavy (non-hydrogen) atoms. The first kappa shape index (κ1) is 13.5. The van der Waals surface area contributed by atoms with E-state index >= 15 is 0 Å². The van der Waals surface area contributed by atoms with Crippen LogP contribution in [-0.4, -0.2) is 25.7 Å². The van der Waals surface area contributed by atoms with Gasteiger partial charge in [0.15, 0.2) is 0 Å². The van der Waals surface area contributed by atoms with Crippen LogP contribution in [0.15, 0.2) is 18.2 Å². The van der Waals surface area contributed by atoms with Gasteiger partial charge in [0.25, 0.3) is 0 Å². The molecule has 1 aliphatic heterocycles. The molecule has 1 aromatic carbocycles. The highest BCUT2D eigenvalue weighted by molar-refractivity contribution is 6.32. The lowest BCUT2D eigenvalue weighted by atomic mass is 9.88. The predicted octanol–water partition coefficient (Wildman–Crippen LogP) is 2.91. The van der Waals surface area contributed by atoms with Crippen LogP contribution in [0.3, 0.4) is 0 Å². The van der Waals surface area contributed by atoms with E-state index in [0.717, 1.165) is 25.2 Å². The van der Waals surface area contributed by atoms with Crippen molar-refractivity contribution in [3.8, 4) is 5.75 Å². The number of hydrogen-bond donors (Lipinski definition) is 1. The predicted molar refractivity (Wildman–Crippen MR) is 76.6 cm³/mol. The first-order valence-corrected chi connectivity index (χ1v) is 6.69. The Morgan fingerprint density at radius 3 is 2.72 bits per heavy atom. The number of rotatable bonds is 3. The van der Waals surface area contributed by atoms with E-state index in [1.165, 1.54) is 0 Å². The second kappa shape index (κ2) is 4.98. The Morgan fingerprint density at radius 2 is 2.22 bits per heavy atom. The molecule has 1 saturated heterocycles.